The Morgan fingerprint density at radius 1 is 1.36 bits per heavy atom. The summed E-state index contributed by atoms with van der Waals surface area (Å²) in [6, 6.07) is 8.96. The van der Waals surface area contributed by atoms with Crippen molar-refractivity contribution in [2.24, 2.45) is 0 Å². The number of carbonyl (C=O) groups excluding carboxylic acids is 1. The number of hydrogen-bond acceptors (Lipinski definition) is 3. The number of fused-ring (bicyclic) bond motifs is 1. The van der Waals surface area contributed by atoms with Crippen molar-refractivity contribution in [3.63, 3.8) is 0 Å². The standard InChI is InChI=1S/C15H14ClN5O/c1-2-17-15(22)19-14-10-8-9(5-6-12(10)20-21-14)13-11(16)4-3-7-18-13/h3-8H,2H2,1H3,(H3,17,19,20,21,22). The number of nitrogens with zero attached hydrogens (tertiary/aromatic N) is 2. The van der Waals surface area contributed by atoms with Gasteiger partial charge in [-0.25, -0.2) is 4.79 Å². The first-order valence-electron chi connectivity index (χ1n) is 6.83. The molecule has 2 aromatic heterocycles. The molecule has 0 bridgehead atoms. The van der Waals surface area contributed by atoms with Gasteiger partial charge in [0.1, 0.15) is 0 Å². The lowest BCUT2D eigenvalue weighted by molar-refractivity contribution is 0.252. The molecule has 2 amide bonds. The van der Waals surface area contributed by atoms with Crippen LogP contribution in [0.25, 0.3) is 22.2 Å². The average Bonchev–Trinajstić information content (AvgIpc) is 2.90. The van der Waals surface area contributed by atoms with Crippen LogP contribution in [0, 0.1) is 0 Å². The van der Waals surface area contributed by atoms with E-state index in [-0.39, 0.29) is 6.03 Å². The minimum Gasteiger partial charge on any atom is -0.338 e. The molecule has 0 saturated carbocycles. The molecular formula is C15H14ClN5O. The summed E-state index contributed by atoms with van der Waals surface area (Å²) < 4.78 is 0. The van der Waals surface area contributed by atoms with Gasteiger partial charge in [-0.15, -0.1) is 0 Å². The molecule has 3 aromatic rings. The number of rotatable bonds is 3. The molecule has 0 unspecified atom stereocenters. The van der Waals surface area contributed by atoms with Gasteiger partial charge in [0.25, 0.3) is 0 Å². The average molecular weight is 316 g/mol. The summed E-state index contributed by atoms with van der Waals surface area (Å²) in [6.45, 7) is 2.40. The number of carbonyl (C=O) groups is 1. The van der Waals surface area contributed by atoms with E-state index >= 15 is 0 Å². The van der Waals surface area contributed by atoms with Gasteiger partial charge in [-0.2, -0.15) is 5.10 Å². The number of urea groups is 1. The number of hydrogen-bond donors (Lipinski definition) is 3. The molecule has 0 radical (unpaired) electrons. The number of H-pyrrole nitrogens is 1. The number of anilines is 1. The van der Waals surface area contributed by atoms with Crippen LogP contribution in [0.5, 0.6) is 0 Å². The largest absolute Gasteiger partial charge is 0.338 e. The van der Waals surface area contributed by atoms with Gasteiger partial charge in [0.05, 0.1) is 16.2 Å². The van der Waals surface area contributed by atoms with E-state index in [1.807, 2.05) is 25.1 Å². The van der Waals surface area contributed by atoms with Crippen molar-refractivity contribution in [1.29, 1.82) is 0 Å². The van der Waals surface area contributed by atoms with E-state index in [0.717, 1.165) is 16.5 Å². The number of amides is 2. The third kappa shape index (κ3) is 2.73. The molecule has 112 valence electrons. The van der Waals surface area contributed by atoms with Crippen LogP contribution in [0.1, 0.15) is 6.92 Å². The van der Waals surface area contributed by atoms with Gasteiger partial charge < -0.3 is 5.32 Å². The second-order valence-corrected chi connectivity index (χ2v) is 5.06. The molecule has 2 heterocycles. The molecule has 0 aliphatic heterocycles. The Bertz CT molecular complexity index is 830. The number of aromatic amines is 1. The highest BCUT2D eigenvalue weighted by Gasteiger charge is 2.11. The third-order valence-electron chi connectivity index (χ3n) is 3.16. The predicted octanol–water partition coefficient (Wildman–Crippen LogP) is 3.42. The predicted molar refractivity (Wildman–Crippen MR) is 87.0 cm³/mol. The fourth-order valence-electron chi connectivity index (χ4n) is 2.17. The van der Waals surface area contributed by atoms with Crippen molar-refractivity contribution in [1.82, 2.24) is 20.5 Å². The van der Waals surface area contributed by atoms with Gasteiger partial charge in [0, 0.05) is 23.7 Å². The molecule has 7 heteroatoms. The highest BCUT2D eigenvalue weighted by Crippen LogP contribution is 2.30. The fraction of sp³-hybridized carbons (Fsp3) is 0.133. The van der Waals surface area contributed by atoms with Crippen LogP contribution in [0.4, 0.5) is 10.6 Å². The number of pyridine rings is 1. The summed E-state index contributed by atoms with van der Waals surface area (Å²) in [5.74, 6) is 0.467. The molecule has 0 spiro atoms. The Balaban J connectivity index is 2.02. The van der Waals surface area contributed by atoms with Crippen molar-refractivity contribution >= 4 is 34.4 Å². The number of benzene rings is 1. The summed E-state index contributed by atoms with van der Waals surface area (Å²) in [7, 11) is 0. The van der Waals surface area contributed by atoms with Crippen LogP contribution in [-0.4, -0.2) is 27.8 Å². The maximum Gasteiger partial charge on any atom is 0.320 e. The first kappa shape index (κ1) is 14.3. The zero-order chi connectivity index (χ0) is 15.5. The van der Waals surface area contributed by atoms with Gasteiger partial charge in [0.15, 0.2) is 5.82 Å². The highest BCUT2D eigenvalue weighted by atomic mass is 35.5. The SMILES string of the molecule is CCNC(=O)Nc1n[nH]c2ccc(-c3ncccc3Cl)cc12. The maximum absolute atomic E-state index is 11.7. The summed E-state index contributed by atoms with van der Waals surface area (Å²) in [4.78, 5) is 16.0. The molecular weight excluding hydrogens is 302 g/mol. The van der Waals surface area contributed by atoms with Crippen molar-refractivity contribution in [3.8, 4) is 11.3 Å². The topological polar surface area (TPSA) is 82.7 Å². The smallest absolute Gasteiger partial charge is 0.320 e. The van der Waals surface area contributed by atoms with Crippen LogP contribution >= 0.6 is 11.6 Å². The maximum atomic E-state index is 11.7. The van der Waals surface area contributed by atoms with Gasteiger partial charge in [0.2, 0.25) is 0 Å². The quantitative estimate of drug-likeness (QED) is 0.692. The van der Waals surface area contributed by atoms with Crippen LogP contribution in [0.3, 0.4) is 0 Å². The summed E-state index contributed by atoms with van der Waals surface area (Å²) in [5.41, 5.74) is 2.37. The van der Waals surface area contributed by atoms with Crippen molar-refractivity contribution in [2.45, 2.75) is 6.92 Å². The molecule has 6 nitrogen and oxygen atoms in total. The number of aromatic nitrogens is 3. The first-order valence-corrected chi connectivity index (χ1v) is 7.20. The molecule has 0 aliphatic carbocycles. The molecule has 0 saturated heterocycles. The molecule has 3 N–H and O–H groups in total. The van der Waals surface area contributed by atoms with Crippen LogP contribution in [0.2, 0.25) is 5.02 Å². The lowest BCUT2D eigenvalue weighted by Crippen LogP contribution is -2.28. The van der Waals surface area contributed by atoms with E-state index in [4.69, 9.17) is 11.6 Å². The molecule has 0 aliphatic rings. The Labute approximate surface area is 131 Å². The van der Waals surface area contributed by atoms with Gasteiger partial charge in [-0.3, -0.25) is 15.4 Å². The first-order chi connectivity index (χ1) is 10.7. The van der Waals surface area contributed by atoms with E-state index in [2.05, 4.69) is 25.8 Å². The van der Waals surface area contributed by atoms with Crippen LogP contribution in [0.15, 0.2) is 36.5 Å². The number of nitrogens with one attached hydrogen (secondary N) is 3. The summed E-state index contributed by atoms with van der Waals surface area (Å²) >= 11 is 6.18. The van der Waals surface area contributed by atoms with E-state index in [0.29, 0.717) is 23.1 Å². The van der Waals surface area contributed by atoms with Gasteiger partial charge in [-0.1, -0.05) is 17.7 Å². The van der Waals surface area contributed by atoms with Gasteiger partial charge in [-0.05, 0) is 31.2 Å². The molecule has 3 rings (SSSR count). The Kier molecular flexibility index (Phi) is 3.93. The second kappa shape index (κ2) is 6.03. The second-order valence-electron chi connectivity index (χ2n) is 4.65. The lowest BCUT2D eigenvalue weighted by Gasteiger charge is -2.05. The molecule has 0 fully saturated rings. The zero-order valence-electron chi connectivity index (χ0n) is 11.9. The molecule has 0 atom stereocenters. The summed E-state index contributed by atoms with van der Waals surface area (Å²) in [6.07, 6.45) is 1.69. The molecule has 22 heavy (non-hydrogen) atoms. The summed E-state index contributed by atoms with van der Waals surface area (Å²) in [5, 5.41) is 13.8. The van der Waals surface area contributed by atoms with Crippen molar-refractivity contribution in [3.05, 3.63) is 41.6 Å². The van der Waals surface area contributed by atoms with E-state index in [1.54, 1.807) is 18.3 Å². The normalized spacial score (nSPS) is 10.6. The van der Waals surface area contributed by atoms with Crippen LogP contribution in [-0.2, 0) is 0 Å². The fourth-order valence-corrected chi connectivity index (χ4v) is 2.40. The van der Waals surface area contributed by atoms with E-state index in [9.17, 15) is 4.79 Å². The van der Waals surface area contributed by atoms with Crippen LogP contribution < -0.4 is 10.6 Å². The Morgan fingerprint density at radius 3 is 3.00 bits per heavy atom. The van der Waals surface area contributed by atoms with E-state index in [1.165, 1.54) is 0 Å². The van der Waals surface area contributed by atoms with Crippen molar-refractivity contribution < 1.29 is 4.79 Å². The minimum atomic E-state index is -0.294. The Morgan fingerprint density at radius 2 is 2.23 bits per heavy atom. The third-order valence-corrected chi connectivity index (χ3v) is 3.47. The van der Waals surface area contributed by atoms with Crippen molar-refractivity contribution in [2.75, 3.05) is 11.9 Å². The highest BCUT2D eigenvalue weighted by molar-refractivity contribution is 6.33. The van der Waals surface area contributed by atoms with Gasteiger partial charge >= 0.3 is 6.03 Å². The zero-order valence-corrected chi connectivity index (χ0v) is 12.6. The Hall–Kier alpha value is -2.60. The minimum absolute atomic E-state index is 0.294. The molecule has 1 aromatic carbocycles. The monoisotopic (exact) mass is 315 g/mol. The van der Waals surface area contributed by atoms with E-state index < -0.39 is 0 Å². The lowest BCUT2D eigenvalue weighted by atomic mass is 10.1. The number of halogens is 1.